The van der Waals surface area contributed by atoms with Gasteiger partial charge in [0.1, 0.15) is 23.9 Å². The molecule has 5 heteroatoms. The normalized spacial score (nSPS) is 10.1. The molecule has 0 radical (unpaired) electrons. The zero-order valence-electron chi connectivity index (χ0n) is 9.34. The van der Waals surface area contributed by atoms with Gasteiger partial charge in [-0.3, -0.25) is 0 Å². The Morgan fingerprint density at radius 1 is 1.28 bits per heavy atom. The Bertz CT molecular complexity index is 572. The van der Waals surface area contributed by atoms with E-state index in [4.69, 9.17) is 9.84 Å². The smallest absolute Gasteiger partial charge is 0.354 e. The molecule has 0 amide bonds. The first-order chi connectivity index (χ1) is 8.65. The minimum Gasteiger partial charge on any atom is -0.487 e. The molecule has 0 aliphatic heterocycles. The summed E-state index contributed by atoms with van der Waals surface area (Å²) in [5.41, 5.74) is 0.425. The average Bonchev–Trinajstić information content (AvgIpc) is 2.37. The molecule has 1 N–H and O–H groups in total. The van der Waals surface area contributed by atoms with Crippen LogP contribution in [0, 0.1) is 5.82 Å². The molecule has 1 aromatic carbocycles. The summed E-state index contributed by atoms with van der Waals surface area (Å²) in [7, 11) is 0. The lowest BCUT2D eigenvalue weighted by Gasteiger charge is -2.06. The number of aromatic nitrogens is 1. The van der Waals surface area contributed by atoms with Crippen LogP contribution in [0.25, 0.3) is 0 Å². The Kier molecular flexibility index (Phi) is 3.52. The summed E-state index contributed by atoms with van der Waals surface area (Å²) in [6, 6.07) is 10.3. The molecule has 0 saturated carbocycles. The lowest BCUT2D eigenvalue weighted by atomic mass is 10.3. The van der Waals surface area contributed by atoms with Crippen LogP contribution in [0.15, 0.2) is 42.5 Å². The molecule has 2 aromatic rings. The molecule has 4 nitrogen and oxygen atoms in total. The maximum Gasteiger partial charge on any atom is 0.354 e. The number of pyridine rings is 1. The largest absolute Gasteiger partial charge is 0.487 e. The van der Waals surface area contributed by atoms with Gasteiger partial charge in [0, 0.05) is 6.07 Å². The van der Waals surface area contributed by atoms with E-state index in [9.17, 15) is 9.18 Å². The van der Waals surface area contributed by atoms with E-state index in [1.54, 1.807) is 18.2 Å². The zero-order valence-corrected chi connectivity index (χ0v) is 9.34. The van der Waals surface area contributed by atoms with E-state index in [0.29, 0.717) is 11.4 Å². The maximum absolute atomic E-state index is 12.9. The number of carbonyl (C=O) groups is 1. The number of carboxylic acids is 1. The predicted octanol–water partition coefficient (Wildman–Crippen LogP) is 2.50. The van der Waals surface area contributed by atoms with Crippen LogP contribution < -0.4 is 4.74 Å². The Morgan fingerprint density at radius 2 is 2.06 bits per heavy atom. The Hall–Kier alpha value is -2.43. The third kappa shape index (κ3) is 3.04. The standard InChI is InChI=1S/C13H10FNO3/c14-9-3-1-5-11(7-9)18-8-10-4-2-6-12(15-10)13(16)17/h1-7H,8H2,(H,16,17). The molecular formula is C13H10FNO3. The van der Waals surface area contributed by atoms with Crippen LogP contribution >= 0.6 is 0 Å². The molecule has 0 aliphatic rings. The number of rotatable bonds is 4. The lowest BCUT2D eigenvalue weighted by Crippen LogP contribution is -2.04. The third-order valence-corrected chi connectivity index (χ3v) is 2.21. The number of ether oxygens (including phenoxy) is 1. The van der Waals surface area contributed by atoms with Gasteiger partial charge in [0.25, 0.3) is 0 Å². The molecule has 1 heterocycles. The second kappa shape index (κ2) is 5.27. The quantitative estimate of drug-likeness (QED) is 0.901. The summed E-state index contributed by atoms with van der Waals surface area (Å²) in [5.74, 6) is -1.11. The van der Waals surface area contributed by atoms with Crippen molar-refractivity contribution in [3.05, 3.63) is 59.7 Å². The molecule has 0 unspecified atom stereocenters. The van der Waals surface area contributed by atoms with Gasteiger partial charge in [-0.15, -0.1) is 0 Å². The van der Waals surface area contributed by atoms with Gasteiger partial charge in [-0.05, 0) is 24.3 Å². The van der Waals surface area contributed by atoms with Gasteiger partial charge in [0.2, 0.25) is 0 Å². The molecule has 1 aromatic heterocycles. The van der Waals surface area contributed by atoms with E-state index in [1.807, 2.05) is 0 Å². The van der Waals surface area contributed by atoms with Crippen molar-refractivity contribution in [1.82, 2.24) is 4.98 Å². The van der Waals surface area contributed by atoms with E-state index < -0.39 is 5.97 Å². The van der Waals surface area contributed by atoms with Crippen molar-refractivity contribution in [3.8, 4) is 5.75 Å². The van der Waals surface area contributed by atoms with E-state index in [1.165, 1.54) is 24.3 Å². The first-order valence-electron chi connectivity index (χ1n) is 5.23. The average molecular weight is 247 g/mol. The highest BCUT2D eigenvalue weighted by molar-refractivity contribution is 5.85. The van der Waals surface area contributed by atoms with E-state index >= 15 is 0 Å². The van der Waals surface area contributed by atoms with Crippen molar-refractivity contribution >= 4 is 5.97 Å². The first kappa shape index (κ1) is 12.0. The molecular weight excluding hydrogens is 237 g/mol. The van der Waals surface area contributed by atoms with Crippen LogP contribution in [-0.4, -0.2) is 16.1 Å². The van der Waals surface area contributed by atoms with Gasteiger partial charge in [-0.2, -0.15) is 0 Å². The maximum atomic E-state index is 12.9. The molecule has 2 rings (SSSR count). The molecule has 0 spiro atoms. The van der Waals surface area contributed by atoms with Crippen LogP contribution in [0.1, 0.15) is 16.2 Å². The number of aromatic carboxylic acids is 1. The van der Waals surface area contributed by atoms with Gasteiger partial charge in [0.05, 0.1) is 5.69 Å². The minimum atomic E-state index is -1.09. The molecule has 0 fully saturated rings. The Balaban J connectivity index is 2.06. The first-order valence-corrected chi connectivity index (χ1v) is 5.23. The number of carboxylic acid groups (broad SMARTS) is 1. The molecule has 18 heavy (non-hydrogen) atoms. The number of nitrogens with zero attached hydrogens (tertiary/aromatic N) is 1. The molecule has 0 saturated heterocycles. The minimum absolute atomic E-state index is 0.0460. The number of hydrogen-bond acceptors (Lipinski definition) is 3. The van der Waals surface area contributed by atoms with Crippen molar-refractivity contribution in [2.24, 2.45) is 0 Å². The molecule has 0 bridgehead atoms. The summed E-state index contributed by atoms with van der Waals surface area (Å²) < 4.78 is 18.2. The molecule has 0 atom stereocenters. The fourth-order valence-corrected chi connectivity index (χ4v) is 1.39. The number of benzene rings is 1. The van der Waals surface area contributed by atoms with Crippen molar-refractivity contribution < 1.29 is 19.0 Å². The van der Waals surface area contributed by atoms with Gasteiger partial charge < -0.3 is 9.84 Å². The van der Waals surface area contributed by atoms with Gasteiger partial charge in [-0.25, -0.2) is 14.2 Å². The second-order valence-electron chi connectivity index (χ2n) is 3.57. The van der Waals surface area contributed by atoms with Crippen LogP contribution in [0.2, 0.25) is 0 Å². The second-order valence-corrected chi connectivity index (χ2v) is 3.57. The SMILES string of the molecule is O=C(O)c1cccc(COc2cccc(F)c2)n1. The van der Waals surface area contributed by atoms with Gasteiger partial charge in [0.15, 0.2) is 0 Å². The van der Waals surface area contributed by atoms with Gasteiger partial charge >= 0.3 is 5.97 Å². The molecule has 0 aliphatic carbocycles. The third-order valence-electron chi connectivity index (χ3n) is 2.21. The fourth-order valence-electron chi connectivity index (χ4n) is 1.39. The van der Waals surface area contributed by atoms with Crippen LogP contribution in [0.3, 0.4) is 0 Å². The highest BCUT2D eigenvalue weighted by atomic mass is 19.1. The number of halogens is 1. The zero-order chi connectivity index (χ0) is 13.0. The van der Waals surface area contributed by atoms with Gasteiger partial charge in [-0.1, -0.05) is 12.1 Å². The highest BCUT2D eigenvalue weighted by Crippen LogP contribution is 2.13. The summed E-state index contributed by atoms with van der Waals surface area (Å²) in [6.45, 7) is 0.0879. The summed E-state index contributed by atoms with van der Waals surface area (Å²) >= 11 is 0. The van der Waals surface area contributed by atoms with Crippen LogP contribution in [0.5, 0.6) is 5.75 Å². The van der Waals surface area contributed by atoms with Crippen molar-refractivity contribution in [3.63, 3.8) is 0 Å². The van der Waals surface area contributed by atoms with Crippen LogP contribution in [-0.2, 0) is 6.61 Å². The van der Waals surface area contributed by atoms with Crippen molar-refractivity contribution in [2.75, 3.05) is 0 Å². The summed E-state index contributed by atoms with van der Waals surface area (Å²) in [6.07, 6.45) is 0. The fraction of sp³-hybridized carbons (Fsp3) is 0.0769. The predicted molar refractivity (Wildman–Crippen MR) is 61.9 cm³/mol. The van der Waals surface area contributed by atoms with Crippen LogP contribution in [0.4, 0.5) is 4.39 Å². The lowest BCUT2D eigenvalue weighted by molar-refractivity contribution is 0.0690. The Labute approximate surface area is 103 Å². The topological polar surface area (TPSA) is 59.4 Å². The number of hydrogen-bond donors (Lipinski definition) is 1. The highest BCUT2D eigenvalue weighted by Gasteiger charge is 2.05. The van der Waals surface area contributed by atoms with E-state index in [2.05, 4.69) is 4.98 Å². The molecule has 92 valence electrons. The summed E-state index contributed by atoms with van der Waals surface area (Å²) in [4.78, 5) is 14.6. The summed E-state index contributed by atoms with van der Waals surface area (Å²) in [5, 5.41) is 8.78. The van der Waals surface area contributed by atoms with E-state index in [-0.39, 0.29) is 18.1 Å². The van der Waals surface area contributed by atoms with Crippen molar-refractivity contribution in [2.45, 2.75) is 6.61 Å². The van der Waals surface area contributed by atoms with E-state index in [0.717, 1.165) is 0 Å². The Morgan fingerprint density at radius 3 is 2.78 bits per heavy atom. The monoisotopic (exact) mass is 247 g/mol. The van der Waals surface area contributed by atoms with Crippen molar-refractivity contribution in [1.29, 1.82) is 0 Å².